The van der Waals surface area contributed by atoms with Crippen LogP contribution < -0.4 is 20.7 Å². The Morgan fingerprint density at radius 1 is 0.717 bits per heavy atom. The number of fused-ring (bicyclic) bond motifs is 4. The van der Waals surface area contributed by atoms with Gasteiger partial charge < -0.3 is 54.9 Å². The van der Waals surface area contributed by atoms with E-state index >= 15 is 4.79 Å². The van der Waals surface area contributed by atoms with Gasteiger partial charge in [0.2, 0.25) is 41.2 Å². The number of amides is 7. The Morgan fingerprint density at radius 3 is 2.11 bits per heavy atom. The van der Waals surface area contributed by atoms with Crippen LogP contribution >= 0.6 is 0 Å². The zero-order chi connectivity index (χ0) is 66.8. The molecule has 0 spiro atoms. The van der Waals surface area contributed by atoms with E-state index in [1.807, 2.05) is 39.8 Å². The molecule has 0 radical (unpaired) electrons. The second-order valence-electron chi connectivity index (χ2n) is 25.1. The van der Waals surface area contributed by atoms with Crippen molar-refractivity contribution in [1.82, 2.24) is 30.2 Å². The number of cyclic esters (lactones) is 2. The molecule has 22 nitrogen and oxygen atoms in total. The molecule has 4 aromatic rings. The van der Waals surface area contributed by atoms with Crippen molar-refractivity contribution in [3.8, 4) is 5.75 Å². The number of carboxylic acid groups (broad SMARTS) is 1. The summed E-state index contributed by atoms with van der Waals surface area (Å²) in [6.07, 6.45) is 4.16. The standard InChI is InChI=1S/C70H87N7O15/c1-44(2)38-56-66(86)74(7)35-14-13-24-61(82)91-43-70(5,6)63(83)68(88)77-36-15-12-22-55(77)69(89)92-57(32-29-47-26-25-45(3)46(4)39-47)50-20-16-21-51(41-50)71-58(78)33-34-59(79)73-62(49-18-10-9-11-19-49)64(84)72-53(40-48-27-30-52(31-28-48)90-42-60(80)81)65(85)76-37-17-23-54(76)67(87)75(56)8/h9-11,13,16,18-21,24-28,30-31,39,41,44,53-57,62H,12,14-15,17,22-23,29,32-38,40,42-43H2,1-8H3,(H,71,78)(H,72,84)(H,73,79)(H,80,81)/t53-,54+,55-,56-,57+,62-/m0/s1. The molecule has 6 atom stereocenters. The van der Waals surface area contributed by atoms with Crippen molar-refractivity contribution in [3.63, 3.8) is 0 Å². The lowest BCUT2D eigenvalue weighted by atomic mass is 9.87. The van der Waals surface area contributed by atoms with E-state index in [0.717, 1.165) is 16.7 Å². The van der Waals surface area contributed by atoms with Gasteiger partial charge in [0.25, 0.3) is 5.91 Å². The normalized spacial score (nSPS) is 22.6. The summed E-state index contributed by atoms with van der Waals surface area (Å²) in [6, 6.07) is 21.5. The van der Waals surface area contributed by atoms with Gasteiger partial charge in [0.15, 0.2) is 6.61 Å². The van der Waals surface area contributed by atoms with Crippen LogP contribution in [0.5, 0.6) is 5.75 Å². The fourth-order valence-electron chi connectivity index (χ4n) is 11.5. The molecule has 22 heteroatoms. The van der Waals surface area contributed by atoms with Gasteiger partial charge in [-0.2, -0.15) is 0 Å². The molecule has 0 unspecified atom stereocenters. The van der Waals surface area contributed by atoms with E-state index < -0.39 is 120 Å². The molecule has 4 aromatic carbocycles. The number of esters is 2. The molecule has 7 amide bonds. The lowest BCUT2D eigenvalue weighted by molar-refractivity contribution is -0.165. The molecule has 7 rings (SSSR count). The maximum atomic E-state index is 15.1. The Balaban J connectivity index is 1.20. The molecule has 3 heterocycles. The first-order chi connectivity index (χ1) is 43.8. The SMILES string of the molecule is Cc1ccc(CC[C@H]2OC(=O)[C@@H]3CCCCN3C(=O)C(=O)C(C)(C)COC(=O)C=CCCN(C)C(=O)[C@H](CC(C)C)N(C)C(=O)[C@H]3CCCN3C(=O)[C@H](Cc3ccc(OCC(=O)O)cc3)NC(=O)[C@H](c3ccccc3)NC(=O)CCC(=O)Nc3cccc2c3)cc1C. The van der Waals surface area contributed by atoms with Crippen LogP contribution in [0.25, 0.3) is 0 Å². The Bertz CT molecular complexity index is 3370. The number of aliphatic carboxylic acids is 1. The van der Waals surface area contributed by atoms with Gasteiger partial charge in [-0.15, -0.1) is 0 Å². The maximum absolute atomic E-state index is 15.1. The summed E-state index contributed by atoms with van der Waals surface area (Å²) < 4.78 is 17.2. The number of piperidine rings is 1. The van der Waals surface area contributed by atoms with Crippen molar-refractivity contribution in [3.05, 3.63) is 143 Å². The van der Waals surface area contributed by atoms with Gasteiger partial charge in [0.1, 0.15) is 48.7 Å². The van der Waals surface area contributed by atoms with Crippen LogP contribution in [0.2, 0.25) is 0 Å². The molecular formula is C70H87N7O15. The van der Waals surface area contributed by atoms with Gasteiger partial charge in [-0.1, -0.05) is 92.7 Å². The second-order valence-corrected chi connectivity index (χ2v) is 25.1. The number of ketones is 1. The first-order valence-electron chi connectivity index (χ1n) is 31.6. The summed E-state index contributed by atoms with van der Waals surface area (Å²) in [5.41, 5.74) is 3.40. The monoisotopic (exact) mass is 1270 g/mol. The third kappa shape index (κ3) is 19.4. The third-order valence-electron chi connectivity index (χ3n) is 17.0. The average molecular weight is 1270 g/mol. The fraction of sp³-hybridized carbons (Fsp3) is 0.471. The van der Waals surface area contributed by atoms with Crippen LogP contribution in [0.3, 0.4) is 0 Å². The summed E-state index contributed by atoms with van der Waals surface area (Å²) in [5.74, 6) is -7.83. The van der Waals surface area contributed by atoms with Crippen LogP contribution in [0.4, 0.5) is 5.69 Å². The molecule has 2 bridgehead atoms. The number of nitrogens with zero attached hydrogens (tertiary/aromatic N) is 4. The zero-order valence-electron chi connectivity index (χ0n) is 53.9. The lowest BCUT2D eigenvalue weighted by Gasteiger charge is -2.36. The van der Waals surface area contributed by atoms with Crippen molar-refractivity contribution in [2.24, 2.45) is 11.3 Å². The molecule has 0 aliphatic carbocycles. The average Bonchev–Trinajstić information content (AvgIpc) is 1.36. The first-order valence-corrected chi connectivity index (χ1v) is 31.6. The Kier molecular flexibility index (Phi) is 25.0. The number of nitrogens with one attached hydrogen (secondary N) is 3. The van der Waals surface area contributed by atoms with Gasteiger partial charge in [-0.3, -0.25) is 38.4 Å². The molecular weight excluding hydrogens is 1180 g/mol. The van der Waals surface area contributed by atoms with Gasteiger partial charge in [0, 0.05) is 64.8 Å². The Hall–Kier alpha value is -9.21. The minimum absolute atomic E-state index is 0.0616. The Labute approximate surface area is 537 Å². The van der Waals surface area contributed by atoms with Gasteiger partial charge in [0.05, 0.1) is 5.41 Å². The van der Waals surface area contributed by atoms with Crippen LogP contribution in [0.1, 0.15) is 137 Å². The lowest BCUT2D eigenvalue weighted by Crippen LogP contribution is -2.58. The molecule has 3 aliphatic rings. The highest BCUT2D eigenvalue weighted by Crippen LogP contribution is 2.32. The highest BCUT2D eigenvalue weighted by Gasteiger charge is 2.44. The number of benzene rings is 4. The highest BCUT2D eigenvalue weighted by molar-refractivity contribution is 6.38. The molecule has 492 valence electrons. The summed E-state index contributed by atoms with van der Waals surface area (Å²) in [4.78, 5) is 159. The van der Waals surface area contributed by atoms with E-state index in [2.05, 4.69) is 22.0 Å². The number of carbonyl (C=O) groups is 11. The van der Waals surface area contributed by atoms with Crippen molar-refractivity contribution in [2.75, 3.05) is 52.3 Å². The number of hydrogen-bond donors (Lipinski definition) is 4. The van der Waals surface area contributed by atoms with Crippen LogP contribution in [-0.2, 0) is 75.1 Å². The first kappa shape index (κ1) is 70.3. The minimum Gasteiger partial charge on any atom is -0.482 e. The van der Waals surface area contributed by atoms with E-state index in [9.17, 15) is 53.1 Å². The molecule has 3 aliphatic heterocycles. The van der Waals surface area contributed by atoms with Gasteiger partial charge in [-0.05, 0) is 149 Å². The minimum atomic E-state index is -1.51. The fourth-order valence-corrected chi connectivity index (χ4v) is 11.5. The van der Waals surface area contributed by atoms with Gasteiger partial charge in [-0.25, -0.2) is 14.4 Å². The van der Waals surface area contributed by atoms with Gasteiger partial charge >= 0.3 is 17.9 Å². The van der Waals surface area contributed by atoms with Crippen molar-refractivity contribution < 1.29 is 72.1 Å². The predicted molar refractivity (Wildman–Crippen MR) is 341 cm³/mol. The summed E-state index contributed by atoms with van der Waals surface area (Å²) in [5, 5.41) is 17.7. The number of likely N-dealkylation sites (N-methyl/N-ethyl adjacent to an activating group) is 2. The van der Waals surface area contributed by atoms with E-state index in [1.165, 1.54) is 64.8 Å². The molecule has 4 N–H and O–H groups in total. The maximum Gasteiger partial charge on any atom is 0.341 e. The number of ether oxygens (including phenoxy) is 3. The van der Waals surface area contributed by atoms with E-state index in [-0.39, 0.29) is 76.2 Å². The van der Waals surface area contributed by atoms with Crippen molar-refractivity contribution in [2.45, 2.75) is 155 Å². The third-order valence-corrected chi connectivity index (χ3v) is 17.0. The number of aryl methyl sites for hydroxylation is 3. The predicted octanol–water partition coefficient (Wildman–Crippen LogP) is 7.09. The van der Waals surface area contributed by atoms with E-state index in [0.29, 0.717) is 54.5 Å². The molecule has 2 saturated heterocycles. The highest BCUT2D eigenvalue weighted by atomic mass is 16.5. The molecule has 92 heavy (non-hydrogen) atoms. The summed E-state index contributed by atoms with van der Waals surface area (Å²) in [6.45, 7) is 10.1. The number of carbonyl (C=O) groups excluding carboxylic acids is 10. The van der Waals surface area contributed by atoms with Crippen LogP contribution in [0.15, 0.2) is 109 Å². The quantitative estimate of drug-likeness (QED) is 0.0861. The van der Waals surface area contributed by atoms with E-state index in [1.54, 1.807) is 73.8 Å². The van der Waals surface area contributed by atoms with Crippen molar-refractivity contribution in [1.29, 1.82) is 0 Å². The number of rotatable bonds is 11. The summed E-state index contributed by atoms with van der Waals surface area (Å²) in [7, 11) is 3.09. The zero-order valence-corrected chi connectivity index (χ0v) is 53.9. The van der Waals surface area contributed by atoms with Crippen LogP contribution in [0, 0.1) is 25.2 Å². The van der Waals surface area contributed by atoms with E-state index in [4.69, 9.17) is 14.2 Å². The smallest absolute Gasteiger partial charge is 0.341 e. The molecule has 0 aromatic heterocycles. The molecule has 0 saturated carbocycles. The number of carboxylic acids is 1. The summed E-state index contributed by atoms with van der Waals surface area (Å²) >= 11 is 0. The second kappa shape index (κ2) is 32.7. The Morgan fingerprint density at radius 2 is 1.40 bits per heavy atom. The van der Waals surface area contributed by atoms with Crippen molar-refractivity contribution >= 4 is 70.7 Å². The number of hydrogen-bond acceptors (Lipinski definition) is 14. The number of anilines is 1. The number of Topliss-reactive ketones (excluding diaryl/α,β-unsaturated/α-hetero) is 1. The molecule has 2 fully saturated rings. The largest absolute Gasteiger partial charge is 0.482 e. The topological polar surface area (TPSA) is 285 Å². The van der Waals surface area contributed by atoms with Crippen LogP contribution in [-0.4, -0.2) is 161 Å².